The van der Waals surface area contributed by atoms with Crippen LogP contribution in [0.4, 0.5) is 0 Å². The SMILES string of the molecule is C=C1C(=O)O[C@@H]2/C=C(/C)[C@H]3C[C@H]3C(=C)C[C@@H](O)[C@@H]12. The molecule has 0 radical (unpaired) electrons. The number of rotatable bonds is 0. The quantitative estimate of drug-likeness (QED) is 0.404. The molecule has 1 aliphatic heterocycles. The summed E-state index contributed by atoms with van der Waals surface area (Å²) in [5.41, 5.74) is 2.72. The number of hydrogen-bond donors (Lipinski definition) is 1. The Balaban J connectivity index is 1.98. The fourth-order valence-corrected chi connectivity index (χ4v) is 3.27. The van der Waals surface area contributed by atoms with Gasteiger partial charge in [0.15, 0.2) is 0 Å². The number of carbonyl (C=O) groups excluding carboxylic acids is 1. The molecule has 0 amide bonds. The summed E-state index contributed by atoms with van der Waals surface area (Å²) in [6, 6.07) is 0. The van der Waals surface area contributed by atoms with E-state index >= 15 is 0 Å². The van der Waals surface area contributed by atoms with E-state index in [9.17, 15) is 9.90 Å². The maximum absolute atomic E-state index is 11.6. The molecular weight excluding hydrogens is 228 g/mol. The van der Waals surface area contributed by atoms with Crippen LogP contribution < -0.4 is 0 Å². The zero-order valence-electron chi connectivity index (χ0n) is 10.6. The van der Waals surface area contributed by atoms with Crippen molar-refractivity contribution in [3.05, 3.63) is 36.0 Å². The van der Waals surface area contributed by atoms with Crippen molar-refractivity contribution in [1.82, 2.24) is 0 Å². The van der Waals surface area contributed by atoms with Crippen LogP contribution >= 0.6 is 0 Å². The Morgan fingerprint density at radius 3 is 2.83 bits per heavy atom. The van der Waals surface area contributed by atoms with Gasteiger partial charge in [0.25, 0.3) is 0 Å². The summed E-state index contributed by atoms with van der Waals surface area (Å²) in [5.74, 6) is 0.322. The minimum Gasteiger partial charge on any atom is -0.454 e. The first kappa shape index (κ1) is 11.7. The summed E-state index contributed by atoms with van der Waals surface area (Å²) in [5, 5.41) is 10.3. The van der Waals surface area contributed by atoms with Crippen molar-refractivity contribution in [3.63, 3.8) is 0 Å². The zero-order chi connectivity index (χ0) is 13.0. The molecule has 0 aromatic heterocycles. The smallest absolute Gasteiger partial charge is 0.334 e. The largest absolute Gasteiger partial charge is 0.454 e. The molecule has 1 N–H and O–H groups in total. The maximum atomic E-state index is 11.6. The zero-order valence-corrected chi connectivity index (χ0v) is 10.6. The highest BCUT2D eigenvalue weighted by Gasteiger charge is 2.47. The highest BCUT2D eigenvalue weighted by Crippen LogP contribution is 2.51. The van der Waals surface area contributed by atoms with E-state index in [1.807, 2.05) is 6.08 Å². The molecule has 2 fully saturated rings. The van der Waals surface area contributed by atoms with Crippen LogP contribution in [-0.2, 0) is 9.53 Å². The Labute approximate surface area is 107 Å². The maximum Gasteiger partial charge on any atom is 0.334 e. The molecule has 1 saturated carbocycles. The molecule has 0 aromatic carbocycles. The van der Waals surface area contributed by atoms with E-state index in [-0.39, 0.29) is 18.0 Å². The molecule has 3 nitrogen and oxygen atoms in total. The van der Waals surface area contributed by atoms with Gasteiger partial charge in [0.1, 0.15) is 6.10 Å². The molecule has 3 aliphatic rings. The Bertz CT molecular complexity index is 474. The number of fused-ring (bicyclic) bond motifs is 2. The van der Waals surface area contributed by atoms with Crippen molar-refractivity contribution < 1.29 is 14.6 Å². The number of hydrogen-bond acceptors (Lipinski definition) is 3. The van der Waals surface area contributed by atoms with Crippen LogP contribution in [0.1, 0.15) is 19.8 Å². The van der Waals surface area contributed by atoms with Gasteiger partial charge in [-0.1, -0.05) is 24.3 Å². The minimum atomic E-state index is -0.621. The first-order chi connectivity index (χ1) is 8.49. The second-order valence-electron chi connectivity index (χ2n) is 5.71. The summed E-state index contributed by atoms with van der Waals surface area (Å²) >= 11 is 0. The molecule has 96 valence electrons. The summed E-state index contributed by atoms with van der Waals surface area (Å²) in [6.07, 6.45) is 2.67. The van der Waals surface area contributed by atoms with E-state index in [1.54, 1.807) is 0 Å². The van der Waals surface area contributed by atoms with E-state index in [4.69, 9.17) is 4.74 Å². The lowest BCUT2D eigenvalue weighted by molar-refractivity contribution is -0.137. The molecule has 2 aliphatic carbocycles. The summed E-state index contributed by atoms with van der Waals surface area (Å²) in [6.45, 7) is 9.91. The molecule has 0 unspecified atom stereocenters. The van der Waals surface area contributed by atoms with Crippen molar-refractivity contribution in [2.24, 2.45) is 17.8 Å². The molecule has 5 atom stereocenters. The van der Waals surface area contributed by atoms with Crippen molar-refractivity contribution >= 4 is 5.97 Å². The molecule has 3 heteroatoms. The molecule has 1 heterocycles. The van der Waals surface area contributed by atoms with E-state index in [2.05, 4.69) is 20.1 Å². The van der Waals surface area contributed by atoms with Gasteiger partial charge in [0.05, 0.1) is 12.0 Å². The van der Waals surface area contributed by atoms with Gasteiger partial charge in [0, 0.05) is 5.57 Å². The van der Waals surface area contributed by atoms with Crippen molar-refractivity contribution in [2.75, 3.05) is 0 Å². The highest BCUT2D eigenvalue weighted by molar-refractivity contribution is 5.91. The molecule has 3 rings (SSSR count). The topological polar surface area (TPSA) is 46.5 Å². The van der Waals surface area contributed by atoms with Gasteiger partial charge < -0.3 is 9.84 Å². The highest BCUT2D eigenvalue weighted by atomic mass is 16.6. The monoisotopic (exact) mass is 246 g/mol. The van der Waals surface area contributed by atoms with E-state index in [1.165, 1.54) is 5.57 Å². The lowest BCUT2D eigenvalue weighted by Gasteiger charge is -2.21. The van der Waals surface area contributed by atoms with E-state index < -0.39 is 6.10 Å². The molecule has 0 spiro atoms. The van der Waals surface area contributed by atoms with Crippen LogP contribution in [0.25, 0.3) is 0 Å². The average molecular weight is 246 g/mol. The van der Waals surface area contributed by atoms with Crippen LogP contribution in [0.5, 0.6) is 0 Å². The lowest BCUT2D eigenvalue weighted by atomic mass is 9.87. The fourth-order valence-electron chi connectivity index (χ4n) is 3.27. The number of allylic oxidation sites excluding steroid dienone is 1. The van der Waals surface area contributed by atoms with Crippen molar-refractivity contribution in [2.45, 2.75) is 32.0 Å². The number of carbonyl (C=O) groups is 1. The molecular formula is C15H18O3. The Morgan fingerprint density at radius 2 is 2.11 bits per heavy atom. The van der Waals surface area contributed by atoms with Gasteiger partial charge in [-0.2, -0.15) is 0 Å². The molecule has 0 aromatic rings. The summed E-state index contributed by atoms with van der Waals surface area (Å²) in [4.78, 5) is 11.6. The Morgan fingerprint density at radius 1 is 1.39 bits per heavy atom. The van der Waals surface area contributed by atoms with Crippen molar-refractivity contribution in [3.8, 4) is 0 Å². The van der Waals surface area contributed by atoms with Gasteiger partial charge in [-0.05, 0) is 37.7 Å². The standard InChI is InChI=1S/C15H18O3/c1-7-4-12(16)14-9(3)15(17)18-13(14)5-8(2)11-6-10(7)11/h5,10-14,16H,1,3-4,6H2,2H3/b8-5-/t10-,11+,12+,13+,14+/m0/s1. The first-order valence-corrected chi connectivity index (χ1v) is 6.43. The number of aliphatic hydroxyl groups excluding tert-OH is 1. The summed E-state index contributed by atoms with van der Waals surface area (Å²) in [7, 11) is 0. The summed E-state index contributed by atoms with van der Waals surface area (Å²) < 4.78 is 5.31. The van der Waals surface area contributed by atoms with Gasteiger partial charge >= 0.3 is 5.97 Å². The van der Waals surface area contributed by atoms with Crippen LogP contribution in [0, 0.1) is 17.8 Å². The lowest BCUT2D eigenvalue weighted by Crippen LogP contribution is -2.28. The van der Waals surface area contributed by atoms with Crippen LogP contribution in [0.15, 0.2) is 36.0 Å². The molecule has 0 bridgehead atoms. The molecule has 18 heavy (non-hydrogen) atoms. The van der Waals surface area contributed by atoms with Crippen LogP contribution in [-0.4, -0.2) is 23.3 Å². The third kappa shape index (κ3) is 1.65. The average Bonchev–Trinajstić information content (AvgIpc) is 3.02. The second-order valence-corrected chi connectivity index (χ2v) is 5.71. The fraction of sp³-hybridized carbons (Fsp3) is 0.533. The molecule has 1 saturated heterocycles. The third-order valence-corrected chi connectivity index (χ3v) is 4.47. The van der Waals surface area contributed by atoms with E-state index in [0.717, 1.165) is 12.0 Å². The number of esters is 1. The van der Waals surface area contributed by atoms with E-state index in [0.29, 0.717) is 23.8 Å². The normalized spacial score (nSPS) is 46.0. The van der Waals surface area contributed by atoms with Gasteiger partial charge in [-0.3, -0.25) is 0 Å². The third-order valence-electron chi connectivity index (χ3n) is 4.47. The number of ether oxygens (including phenoxy) is 1. The predicted octanol–water partition coefficient (Wildman–Crippen LogP) is 1.99. The van der Waals surface area contributed by atoms with Gasteiger partial charge in [0.2, 0.25) is 0 Å². The van der Waals surface area contributed by atoms with Gasteiger partial charge in [-0.25, -0.2) is 4.79 Å². The predicted molar refractivity (Wildman–Crippen MR) is 67.6 cm³/mol. The Kier molecular flexibility index (Phi) is 2.49. The van der Waals surface area contributed by atoms with Crippen molar-refractivity contribution in [1.29, 1.82) is 0 Å². The van der Waals surface area contributed by atoms with Crippen LogP contribution in [0.2, 0.25) is 0 Å². The number of aliphatic hydroxyl groups is 1. The Hall–Kier alpha value is -1.35. The second kappa shape index (κ2) is 3.82. The van der Waals surface area contributed by atoms with Gasteiger partial charge in [-0.15, -0.1) is 0 Å². The minimum absolute atomic E-state index is 0.318. The van der Waals surface area contributed by atoms with Crippen LogP contribution in [0.3, 0.4) is 0 Å². The first-order valence-electron chi connectivity index (χ1n) is 6.43.